The van der Waals surface area contributed by atoms with E-state index in [0.717, 1.165) is 16.9 Å². The molecule has 0 fully saturated rings. The molecule has 1 amide bonds. The van der Waals surface area contributed by atoms with Gasteiger partial charge in [-0.25, -0.2) is 0 Å². The number of amides is 1. The first-order chi connectivity index (χ1) is 12.5. The molecular formula is C21H26ClNO3. The van der Waals surface area contributed by atoms with E-state index in [2.05, 4.69) is 5.32 Å². The van der Waals surface area contributed by atoms with E-state index >= 15 is 0 Å². The van der Waals surface area contributed by atoms with Crippen LogP contribution in [0.25, 0.3) is 0 Å². The molecule has 140 valence electrons. The summed E-state index contributed by atoms with van der Waals surface area (Å²) in [5.41, 5.74) is 1.96. The molecule has 0 saturated carbocycles. The van der Waals surface area contributed by atoms with Crippen LogP contribution in [0.4, 0.5) is 0 Å². The van der Waals surface area contributed by atoms with Crippen LogP contribution in [0.2, 0.25) is 5.02 Å². The maximum Gasteiger partial charge on any atom is 0.220 e. The molecule has 5 heteroatoms. The van der Waals surface area contributed by atoms with E-state index in [9.17, 15) is 4.79 Å². The number of benzene rings is 2. The number of carbonyl (C=O) groups excluding carboxylic acids is 1. The SMILES string of the molecule is CCOc1ccc(C(C)NC(=O)CCc2ccccc2Cl)cc1OCC. The summed E-state index contributed by atoms with van der Waals surface area (Å²) in [4.78, 5) is 12.3. The minimum absolute atomic E-state index is 0.00994. The highest BCUT2D eigenvalue weighted by Crippen LogP contribution is 2.30. The number of rotatable bonds is 9. The minimum Gasteiger partial charge on any atom is -0.490 e. The molecule has 26 heavy (non-hydrogen) atoms. The Kier molecular flexibility index (Phi) is 7.79. The van der Waals surface area contributed by atoms with Crippen LogP contribution in [0.3, 0.4) is 0 Å². The van der Waals surface area contributed by atoms with Crippen LogP contribution in [0, 0.1) is 0 Å². The Balaban J connectivity index is 1.97. The Bertz CT molecular complexity index is 733. The van der Waals surface area contributed by atoms with Gasteiger partial charge in [0.15, 0.2) is 11.5 Å². The molecule has 2 aromatic carbocycles. The molecule has 4 nitrogen and oxygen atoms in total. The fourth-order valence-electron chi connectivity index (χ4n) is 2.68. The lowest BCUT2D eigenvalue weighted by Crippen LogP contribution is -2.26. The monoisotopic (exact) mass is 375 g/mol. The second-order valence-corrected chi connectivity index (χ2v) is 6.36. The summed E-state index contributed by atoms with van der Waals surface area (Å²) < 4.78 is 11.2. The molecule has 1 atom stereocenters. The van der Waals surface area contributed by atoms with Crippen molar-refractivity contribution in [3.63, 3.8) is 0 Å². The highest BCUT2D eigenvalue weighted by atomic mass is 35.5. The van der Waals surface area contributed by atoms with Crippen molar-refractivity contribution in [1.82, 2.24) is 5.32 Å². The Hall–Kier alpha value is -2.20. The summed E-state index contributed by atoms with van der Waals surface area (Å²) >= 11 is 6.14. The molecule has 0 aliphatic carbocycles. The van der Waals surface area contributed by atoms with E-state index in [-0.39, 0.29) is 11.9 Å². The average molecular weight is 376 g/mol. The van der Waals surface area contributed by atoms with Crippen molar-refractivity contribution in [3.8, 4) is 11.5 Å². The molecule has 0 aliphatic rings. The third kappa shape index (κ3) is 5.67. The van der Waals surface area contributed by atoms with Crippen LogP contribution in [-0.2, 0) is 11.2 Å². The molecule has 0 spiro atoms. The maximum absolute atomic E-state index is 12.3. The van der Waals surface area contributed by atoms with E-state index in [0.29, 0.717) is 36.8 Å². The van der Waals surface area contributed by atoms with Crippen molar-refractivity contribution in [3.05, 3.63) is 58.6 Å². The zero-order chi connectivity index (χ0) is 18.9. The second kappa shape index (κ2) is 10.1. The fraction of sp³-hybridized carbons (Fsp3) is 0.381. The zero-order valence-electron chi connectivity index (χ0n) is 15.5. The van der Waals surface area contributed by atoms with Gasteiger partial charge in [-0.1, -0.05) is 35.9 Å². The molecule has 0 bridgehead atoms. The van der Waals surface area contributed by atoms with Gasteiger partial charge in [0.05, 0.1) is 19.3 Å². The molecule has 0 aromatic heterocycles. The molecule has 0 heterocycles. The van der Waals surface area contributed by atoms with Crippen molar-refractivity contribution in [2.24, 2.45) is 0 Å². The third-order valence-electron chi connectivity index (χ3n) is 4.02. The predicted molar refractivity (Wildman–Crippen MR) is 105 cm³/mol. The second-order valence-electron chi connectivity index (χ2n) is 5.95. The van der Waals surface area contributed by atoms with Crippen molar-refractivity contribution in [2.75, 3.05) is 13.2 Å². The summed E-state index contributed by atoms with van der Waals surface area (Å²) in [7, 11) is 0. The van der Waals surface area contributed by atoms with Crippen LogP contribution in [0.5, 0.6) is 11.5 Å². The number of nitrogens with one attached hydrogen (secondary N) is 1. The van der Waals surface area contributed by atoms with Gasteiger partial charge in [0.1, 0.15) is 0 Å². The Morgan fingerprint density at radius 3 is 2.46 bits per heavy atom. The summed E-state index contributed by atoms with van der Waals surface area (Å²) in [6.07, 6.45) is 1.01. The molecular weight excluding hydrogens is 350 g/mol. The third-order valence-corrected chi connectivity index (χ3v) is 4.39. The normalized spacial score (nSPS) is 11.7. The first-order valence-electron chi connectivity index (χ1n) is 8.97. The number of aryl methyl sites for hydroxylation is 1. The van der Waals surface area contributed by atoms with Gasteiger partial charge in [-0.15, -0.1) is 0 Å². The van der Waals surface area contributed by atoms with Crippen molar-refractivity contribution in [2.45, 2.75) is 39.7 Å². The predicted octanol–water partition coefficient (Wildman–Crippen LogP) is 4.95. The van der Waals surface area contributed by atoms with E-state index in [1.54, 1.807) is 0 Å². The number of halogens is 1. The molecule has 1 unspecified atom stereocenters. The highest BCUT2D eigenvalue weighted by Gasteiger charge is 2.13. The van der Waals surface area contributed by atoms with Crippen LogP contribution in [-0.4, -0.2) is 19.1 Å². The Morgan fingerprint density at radius 2 is 1.77 bits per heavy atom. The number of carbonyl (C=O) groups is 1. The largest absolute Gasteiger partial charge is 0.490 e. The molecule has 2 aromatic rings. The number of ether oxygens (including phenoxy) is 2. The number of hydrogen-bond acceptors (Lipinski definition) is 3. The van der Waals surface area contributed by atoms with Crippen molar-refractivity contribution in [1.29, 1.82) is 0 Å². The molecule has 0 aliphatic heterocycles. The van der Waals surface area contributed by atoms with Crippen LogP contribution in [0.1, 0.15) is 44.4 Å². The topological polar surface area (TPSA) is 47.6 Å². The fourth-order valence-corrected chi connectivity index (χ4v) is 2.91. The quantitative estimate of drug-likeness (QED) is 0.674. The summed E-state index contributed by atoms with van der Waals surface area (Å²) in [5, 5.41) is 3.72. The summed E-state index contributed by atoms with van der Waals surface area (Å²) in [5.74, 6) is 1.41. The first-order valence-corrected chi connectivity index (χ1v) is 9.35. The van der Waals surface area contributed by atoms with Gasteiger partial charge in [0.25, 0.3) is 0 Å². The van der Waals surface area contributed by atoms with Gasteiger partial charge in [-0.05, 0) is 56.5 Å². The van der Waals surface area contributed by atoms with Crippen LogP contribution >= 0.6 is 11.6 Å². The van der Waals surface area contributed by atoms with Gasteiger partial charge in [-0.3, -0.25) is 4.79 Å². The molecule has 1 N–H and O–H groups in total. The maximum atomic E-state index is 12.3. The highest BCUT2D eigenvalue weighted by molar-refractivity contribution is 6.31. The smallest absolute Gasteiger partial charge is 0.220 e. The van der Waals surface area contributed by atoms with Crippen LogP contribution in [0.15, 0.2) is 42.5 Å². The van der Waals surface area contributed by atoms with Gasteiger partial charge in [0, 0.05) is 11.4 Å². The van der Waals surface area contributed by atoms with E-state index in [1.165, 1.54) is 0 Å². The van der Waals surface area contributed by atoms with Gasteiger partial charge < -0.3 is 14.8 Å². The Labute approximate surface area is 160 Å². The standard InChI is InChI=1S/C21H26ClNO3/c1-4-25-19-12-10-17(14-20(19)26-5-2)15(3)23-21(24)13-11-16-8-6-7-9-18(16)22/h6-10,12,14-15H,4-5,11,13H2,1-3H3,(H,23,24). The van der Waals surface area contributed by atoms with E-state index in [1.807, 2.05) is 63.2 Å². The molecule has 2 rings (SSSR count). The first kappa shape index (κ1) is 20.1. The van der Waals surface area contributed by atoms with Crippen LogP contribution < -0.4 is 14.8 Å². The van der Waals surface area contributed by atoms with E-state index in [4.69, 9.17) is 21.1 Å². The minimum atomic E-state index is -0.122. The lowest BCUT2D eigenvalue weighted by molar-refractivity contribution is -0.121. The van der Waals surface area contributed by atoms with Gasteiger partial charge in [0.2, 0.25) is 5.91 Å². The average Bonchev–Trinajstić information content (AvgIpc) is 2.63. The number of hydrogen-bond donors (Lipinski definition) is 1. The molecule has 0 saturated heterocycles. The van der Waals surface area contributed by atoms with Gasteiger partial charge in [-0.2, -0.15) is 0 Å². The lowest BCUT2D eigenvalue weighted by Gasteiger charge is -2.17. The Morgan fingerprint density at radius 1 is 1.08 bits per heavy atom. The summed E-state index contributed by atoms with van der Waals surface area (Å²) in [6.45, 7) is 6.96. The molecule has 0 radical (unpaired) electrons. The van der Waals surface area contributed by atoms with Gasteiger partial charge >= 0.3 is 0 Å². The lowest BCUT2D eigenvalue weighted by atomic mass is 10.1. The van der Waals surface area contributed by atoms with Crippen molar-refractivity contribution >= 4 is 17.5 Å². The summed E-state index contributed by atoms with van der Waals surface area (Å²) in [6, 6.07) is 13.2. The zero-order valence-corrected chi connectivity index (χ0v) is 16.3. The van der Waals surface area contributed by atoms with E-state index < -0.39 is 0 Å². The van der Waals surface area contributed by atoms with Crippen molar-refractivity contribution < 1.29 is 14.3 Å².